The number of ether oxygens (including phenoxy) is 1. The Bertz CT molecular complexity index is 602. The second kappa shape index (κ2) is 5.97. The first-order valence-electron chi connectivity index (χ1n) is 7.44. The summed E-state index contributed by atoms with van der Waals surface area (Å²) in [5.41, 5.74) is 8.54. The molecular weight excluding hydrogens is 286 g/mol. The summed E-state index contributed by atoms with van der Waals surface area (Å²) in [6.45, 7) is 5.30. The van der Waals surface area contributed by atoms with E-state index in [1.54, 1.807) is 20.8 Å². The van der Waals surface area contributed by atoms with Gasteiger partial charge in [-0.25, -0.2) is 8.42 Å². The van der Waals surface area contributed by atoms with E-state index < -0.39 is 14.6 Å². The molecule has 1 atom stereocenters. The van der Waals surface area contributed by atoms with Crippen LogP contribution in [0.1, 0.15) is 50.8 Å². The van der Waals surface area contributed by atoms with E-state index in [2.05, 4.69) is 0 Å². The van der Waals surface area contributed by atoms with E-state index >= 15 is 0 Å². The first kappa shape index (κ1) is 16.3. The quantitative estimate of drug-likeness (QED) is 0.928. The van der Waals surface area contributed by atoms with E-state index in [1.165, 1.54) is 5.56 Å². The predicted octanol–water partition coefficient (Wildman–Crippen LogP) is 2.61. The minimum atomic E-state index is -3.15. The van der Waals surface area contributed by atoms with Crippen LogP contribution in [0.15, 0.2) is 18.2 Å². The molecule has 1 aliphatic carbocycles. The monoisotopic (exact) mass is 311 g/mol. The molecule has 0 aliphatic heterocycles. The maximum Gasteiger partial charge on any atom is 0.158 e. The number of fused-ring (bicyclic) bond motifs is 1. The highest BCUT2D eigenvalue weighted by molar-refractivity contribution is 7.92. The van der Waals surface area contributed by atoms with Crippen molar-refractivity contribution in [2.45, 2.75) is 50.8 Å². The molecule has 118 valence electrons. The minimum Gasteiger partial charge on any atom is -0.493 e. The van der Waals surface area contributed by atoms with Crippen molar-refractivity contribution in [3.63, 3.8) is 0 Å². The third-order valence-corrected chi connectivity index (χ3v) is 6.60. The standard InChI is InChI=1S/C16H25NO3S/c1-16(2,3)21(18,19)10-9-20-13-8-7-12-5-4-6-15(17)14(12)11-13/h7-8,11,15H,4-6,9-10,17H2,1-3H3/t15-/m0/s1. The number of hydrogen-bond acceptors (Lipinski definition) is 4. The number of rotatable bonds is 4. The van der Waals surface area contributed by atoms with Crippen molar-refractivity contribution in [3.05, 3.63) is 29.3 Å². The van der Waals surface area contributed by atoms with Crippen molar-refractivity contribution in [1.29, 1.82) is 0 Å². The van der Waals surface area contributed by atoms with Gasteiger partial charge in [-0.2, -0.15) is 0 Å². The average molecular weight is 311 g/mol. The highest BCUT2D eigenvalue weighted by atomic mass is 32.2. The molecular formula is C16H25NO3S. The third kappa shape index (κ3) is 3.77. The first-order chi connectivity index (χ1) is 9.71. The Morgan fingerprint density at radius 3 is 2.71 bits per heavy atom. The van der Waals surface area contributed by atoms with Crippen LogP contribution in [0, 0.1) is 0 Å². The van der Waals surface area contributed by atoms with Gasteiger partial charge in [-0.05, 0) is 63.3 Å². The van der Waals surface area contributed by atoms with Gasteiger partial charge in [-0.1, -0.05) is 6.07 Å². The fraction of sp³-hybridized carbons (Fsp3) is 0.625. The number of aryl methyl sites for hydroxylation is 1. The fourth-order valence-electron chi connectivity index (χ4n) is 2.48. The number of sulfone groups is 1. The van der Waals surface area contributed by atoms with Crippen LogP contribution in [0.5, 0.6) is 5.75 Å². The smallest absolute Gasteiger partial charge is 0.158 e. The lowest BCUT2D eigenvalue weighted by molar-refractivity contribution is 0.338. The number of nitrogens with two attached hydrogens (primary N) is 1. The van der Waals surface area contributed by atoms with Crippen molar-refractivity contribution in [3.8, 4) is 5.75 Å². The van der Waals surface area contributed by atoms with Gasteiger partial charge in [0.1, 0.15) is 12.4 Å². The van der Waals surface area contributed by atoms with Crippen LogP contribution in [-0.2, 0) is 16.3 Å². The van der Waals surface area contributed by atoms with Gasteiger partial charge in [0.05, 0.1) is 10.5 Å². The van der Waals surface area contributed by atoms with Crippen LogP contribution in [0.2, 0.25) is 0 Å². The molecule has 0 saturated heterocycles. The van der Waals surface area contributed by atoms with E-state index in [4.69, 9.17) is 10.5 Å². The number of benzene rings is 1. The predicted molar refractivity (Wildman–Crippen MR) is 85.3 cm³/mol. The van der Waals surface area contributed by atoms with Gasteiger partial charge in [0.15, 0.2) is 9.84 Å². The summed E-state index contributed by atoms with van der Waals surface area (Å²) in [6, 6.07) is 5.97. The van der Waals surface area contributed by atoms with Crippen LogP contribution in [0.4, 0.5) is 0 Å². The fourth-order valence-corrected chi connectivity index (χ4v) is 3.39. The SMILES string of the molecule is CC(C)(C)S(=O)(=O)CCOc1ccc2c(c1)[C@@H](N)CCC2. The summed E-state index contributed by atoms with van der Waals surface area (Å²) < 4.78 is 28.9. The van der Waals surface area contributed by atoms with E-state index in [0.29, 0.717) is 5.75 Å². The second-order valence-electron chi connectivity index (χ2n) is 6.64. The van der Waals surface area contributed by atoms with Crippen molar-refractivity contribution in [2.75, 3.05) is 12.4 Å². The molecule has 0 fully saturated rings. The minimum absolute atomic E-state index is 0.0274. The van der Waals surface area contributed by atoms with E-state index in [0.717, 1.165) is 24.8 Å². The Morgan fingerprint density at radius 1 is 1.33 bits per heavy atom. The maximum atomic E-state index is 12.0. The molecule has 2 rings (SSSR count). The Balaban J connectivity index is 2.00. The topological polar surface area (TPSA) is 69.4 Å². The summed E-state index contributed by atoms with van der Waals surface area (Å²) in [7, 11) is -3.15. The Labute approximate surface area is 127 Å². The molecule has 0 unspecified atom stereocenters. The van der Waals surface area contributed by atoms with E-state index in [1.807, 2.05) is 18.2 Å². The largest absolute Gasteiger partial charge is 0.493 e. The van der Waals surface area contributed by atoms with Gasteiger partial charge < -0.3 is 10.5 Å². The zero-order chi connectivity index (χ0) is 15.7. The van der Waals surface area contributed by atoms with Gasteiger partial charge in [0, 0.05) is 6.04 Å². The molecule has 1 aromatic rings. The third-order valence-electron chi connectivity index (χ3n) is 4.03. The second-order valence-corrected chi connectivity index (χ2v) is 9.50. The van der Waals surface area contributed by atoms with Crippen molar-refractivity contribution >= 4 is 9.84 Å². The van der Waals surface area contributed by atoms with E-state index in [9.17, 15) is 8.42 Å². The Morgan fingerprint density at radius 2 is 2.05 bits per heavy atom. The van der Waals surface area contributed by atoms with Gasteiger partial charge >= 0.3 is 0 Å². The molecule has 0 amide bonds. The first-order valence-corrected chi connectivity index (χ1v) is 9.09. The Kier molecular flexibility index (Phi) is 4.63. The van der Waals surface area contributed by atoms with Crippen LogP contribution in [0.3, 0.4) is 0 Å². The van der Waals surface area contributed by atoms with Crippen LogP contribution in [0.25, 0.3) is 0 Å². The molecule has 2 N–H and O–H groups in total. The summed E-state index contributed by atoms with van der Waals surface area (Å²) in [6.07, 6.45) is 3.18. The van der Waals surface area contributed by atoms with Crippen molar-refractivity contribution in [1.82, 2.24) is 0 Å². The molecule has 0 spiro atoms. The molecule has 1 aliphatic rings. The van der Waals surface area contributed by atoms with Crippen molar-refractivity contribution < 1.29 is 13.2 Å². The average Bonchev–Trinajstić information content (AvgIpc) is 2.38. The van der Waals surface area contributed by atoms with Gasteiger partial charge in [0.25, 0.3) is 0 Å². The molecule has 0 aromatic heterocycles. The van der Waals surface area contributed by atoms with Crippen LogP contribution < -0.4 is 10.5 Å². The van der Waals surface area contributed by atoms with Gasteiger partial charge in [-0.3, -0.25) is 0 Å². The molecule has 4 nitrogen and oxygen atoms in total. The van der Waals surface area contributed by atoms with Crippen LogP contribution in [-0.4, -0.2) is 25.5 Å². The van der Waals surface area contributed by atoms with Gasteiger partial charge in [0.2, 0.25) is 0 Å². The Hall–Kier alpha value is -1.07. The number of hydrogen-bond donors (Lipinski definition) is 1. The van der Waals surface area contributed by atoms with Crippen molar-refractivity contribution in [2.24, 2.45) is 5.73 Å². The molecule has 5 heteroatoms. The summed E-state index contributed by atoms with van der Waals surface area (Å²) in [4.78, 5) is 0. The summed E-state index contributed by atoms with van der Waals surface area (Å²) >= 11 is 0. The van der Waals surface area contributed by atoms with E-state index in [-0.39, 0.29) is 18.4 Å². The lowest BCUT2D eigenvalue weighted by atomic mass is 9.88. The maximum absolute atomic E-state index is 12.0. The molecule has 21 heavy (non-hydrogen) atoms. The zero-order valence-electron chi connectivity index (χ0n) is 13.1. The highest BCUT2D eigenvalue weighted by Gasteiger charge is 2.28. The lowest BCUT2D eigenvalue weighted by Gasteiger charge is -2.23. The van der Waals surface area contributed by atoms with Crippen LogP contribution >= 0.6 is 0 Å². The summed E-state index contributed by atoms with van der Waals surface area (Å²) in [5, 5.41) is 0. The molecule has 0 saturated carbocycles. The molecule has 1 aromatic carbocycles. The zero-order valence-corrected chi connectivity index (χ0v) is 13.9. The lowest BCUT2D eigenvalue weighted by Crippen LogP contribution is -2.32. The highest BCUT2D eigenvalue weighted by Crippen LogP contribution is 2.30. The molecule has 0 bridgehead atoms. The summed E-state index contributed by atoms with van der Waals surface area (Å²) in [5.74, 6) is 0.731. The molecule has 0 heterocycles. The molecule has 0 radical (unpaired) electrons. The normalized spacial score (nSPS) is 19.1. The van der Waals surface area contributed by atoms with Gasteiger partial charge in [-0.15, -0.1) is 0 Å².